The summed E-state index contributed by atoms with van der Waals surface area (Å²) in [5.74, 6) is -1.17. The number of ether oxygens (including phenoxy) is 2. The van der Waals surface area contributed by atoms with E-state index in [2.05, 4.69) is 6.58 Å². The Hall–Kier alpha value is -4.20. The molecule has 172 valence electrons. The fourth-order valence-corrected chi connectivity index (χ4v) is 2.92. The number of nitrogen functional groups attached to an aromatic ring is 1. The molecule has 0 aromatic heterocycles. The molecule has 0 fully saturated rings. The predicted molar refractivity (Wildman–Crippen MR) is 126 cm³/mol. The summed E-state index contributed by atoms with van der Waals surface area (Å²) in [6.07, 6.45) is 3.16. The number of benzene rings is 2. The van der Waals surface area contributed by atoms with Gasteiger partial charge in [-0.25, -0.2) is 4.79 Å². The van der Waals surface area contributed by atoms with Crippen LogP contribution in [0, 0.1) is 5.41 Å². The number of esters is 2. The minimum Gasteiger partial charge on any atom is -0.465 e. The summed E-state index contributed by atoms with van der Waals surface area (Å²) in [7, 11) is 0. The number of rotatable bonds is 10. The van der Waals surface area contributed by atoms with Crippen molar-refractivity contribution in [3.8, 4) is 5.75 Å². The molecule has 0 bridgehead atoms. The molecule has 0 atom stereocenters. The van der Waals surface area contributed by atoms with Crippen molar-refractivity contribution in [2.45, 2.75) is 13.8 Å². The van der Waals surface area contributed by atoms with Gasteiger partial charge in [0.15, 0.2) is 0 Å². The van der Waals surface area contributed by atoms with Crippen molar-refractivity contribution in [3.63, 3.8) is 0 Å². The van der Waals surface area contributed by atoms with E-state index in [4.69, 9.17) is 20.6 Å². The fraction of sp³-hybridized carbons (Fsp3) is 0.200. The van der Waals surface area contributed by atoms with E-state index in [1.54, 1.807) is 68.5 Å². The number of nitrogens with zero attached hydrogens (tertiary/aromatic N) is 1. The second kappa shape index (κ2) is 12.0. The van der Waals surface area contributed by atoms with Gasteiger partial charge in [0, 0.05) is 17.7 Å². The highest BCUT2D eigenvalue weighted by Crippen LogP contribution is 2.16. The second-order valence-electron chi connectivity index (χ2n) is 7.06. The van der Waals surface area contributed by atoms with Gasteiger partial charge in [0.25, 0.3) is 0 Å². The molecule has 2 rings (SSSR count). The van der Waals surface area contributed by atoms with Crippen LogP contribution in [0.4, 0.5) is 0 Å². The molecule has 0 saturated heterocycles. The Balaban J connectivity index is 2.15. The first-order valence-electron chi connectivity index (χ1n) is 10.3. The summed E-state index contributed by atoms with van der Waals surface area (Å²) < 4.78 is 10.3. The van der Waals surface area contributed by atoms with Gasteiger partial charge in [-0.2, -0.15) is 0 Å². The lowest BCUT2D eigenvalue weighted by atomic mass is 10.1. The highest BCUT2D eigenvalue weighted by molar-refractivity contribution is 5.99. The van der Waals surface area contributed by atoms with Gasteiger partial charge in [-0.15, -0.1) is 6.58 Å². The highest BCUT2D eigenvalue weighted by atomic mass is 16.5. The molecule has 0 heterocycles. The summed E-state index contributed by atoms with van der Waals surface area (Å²) in [5.41, 5.74) is 7.25. The van der Waals surface area contributed by atoms with Crippen LogP contribution in [-0.2, 0) is 14.3 Å². The Kier molecular flexibility index (Phi) is 9.11. The Bertz CT molecular complexity index is 1070. The molecular formula is C25H27N3O5. The lowest BCUT2D eigenvalue weighted by Gasteiger charge is -2.20. The van der Waals surface area contributed by atoms with Crippen molar-refractivity contribution in [1.82, 2.24) is 4.90 Å². The summed E-state index contributed by atoms with van der Waals surface area (Å²) >= 11 is 0. The van der Waals surface area contributed by atoms with Gasteiger partial charge in [-0.05, 0) is 61.9 Å². The van der Waals surface area contributed by atoms with Gasteiger partial charge in [-0.1, -0.05) is 18.2 Å². The molecule has 0 radical (unpaired) electrons. The van der Waals surface area contributed by atoms with E-state index in [9.17, 15) is 14.4 Å². The van der Waals surface area contributed by atoms with Gasteiger partial charge >= 0.3 is 11.9 Å². The van der Waals surface area contributed by atoms with Crippen molar-refractivity contribution in [2.24, 2.45) is 5.73 Å². The average Bonchev–Trinajstić information content (AvgIpc) is 2.79. The lowest BCUT2D eigenvalue weighted by Crippen LogP contribution is -2.37. The number of nitrogens with two attached hydrogens (primary N) is 1. The number of nitrogens with one attached hydrogen (secondary N) is 1. The van der Waals surface area contributed by atoms with Crippen LogP contribution in [0.25, 0.3) is 6.08 Å². The number of carbonyl (C=O) groups is 3. The summed E-state index contributed by atoms with van der Waals surface area (Å²) in [4.78, 5) is 38.5. The largest absolute Gasteiger partial charge is 0.465 e. The Labute approximate surface area is 192 Å². The summed E-state index contributed by atoms with van der Waals surface area (Å²) in [5, 5.41) is 7.40. The van der Waals surface area contributed by atoms with Crippen LogP contribution in [0.15, 0.2) is 66.8 Å². The van der Waals surface area contributed by atoms with Crippen LogP contribution in [-0.4, -0.2) is 48.3 Å². The maximum atomic E-state index is 12.8. The highest BCUT2D eigenvalue weighted by Gasteiger charge is 2.18. The van der Waals surface area contributed by atoms with E-state index < -0.39 is 11.9 Å². The predicted octanol–water partition coefficient (Wildman–Crippen LogP) is 3.17. The molecule has 8 nitrogen and oxygen atoms in total. The first-order chi connectivity index (χ1) is 15.7. The summed E-state index contributed by atoms with van der Waals surface area (Å²) in [6.45, 7) is 7.19. The Morgan fingerprint density at radius 1 is 1.12 bits per heavy atom. The molecule has 2 aromatic rings. The van der Waals surface area contributed by atoms with Crippen molar-refractivity contribution in [1.29, 1.82) is 5.41 Å². The normalized spacial score (nSPS) is 10.8. The third-order valence-electron chi connectivity index (χ3n) is 4.48. The zero-order valence-corrected chi connectivity index (χ0v) is 18.7. The van der Waals surface area contributed by atoms with Crippen molar-refractivity contribution >= 4 is 29.8 Å². The van der Waals surface area contributed by atoms with Crippen LogP contribution < -0.4 is 10.5 Å². The van der Waals surface area contributed by atoms with Gasteiger partial charge in [0.1, 0.15) is 18.1 Å². The molecule has 2 aromatic carbocycles. The minimum absolute atomic E-state index is 0.0776. The van der Waals surface area contributed by atoms with Crippen molar-refractivity contribution in [2.75, 3.05) is 19.7 Å². The third kappa shape index (κ3) is 7.46. The van der Waals surface area contributed by atoms with Gasteiger partial charge in [0.2, 0.25) is 5.91 Å². The van der Waals surface area contributed by atoms with Crippen LogP contribution in [0.5, 0.6) is 5.75 Å². The molecule has 8 heteroatoms. The van der Waals surface area contributed by atoms with E-state index in [-0.39, 0.29) is 31.4 Å². The molecule has 0 spiro atoms. The van der Waals surface area contributed by atoms with Gasteiger partial charge < -0.3 is 20.1 Å². The van der Waals surface area contributed by atoms with Crippen LogP contribution in [0.2, 0.25) is 0 Å². The topological polar surface area (TPSA) is 123 Å². The van der Waals surface area contributed by atoms with Crippen LogP contribution in [0.1, 0.15) is 35.3 Å². The van der Waals surface area contributed by atoms with Crippen LogP contribution >= 0.6 is 0 Å². The standard InChI is InChI=1S/C25H27N3O5/c1-4-13-28(16-22(29)32-5-2)24(30)17(3)14-18-7-6-8-20(15-18)25(31)33-21-11-9-19(10-12-21)23(26)27/h4,6-12,14-15H,1,5,13,16H2,2-3H3,(H3,26,27). The molecule has 0 aliphatic rings. The van der Waals surface area contributed by atoms with Crippen molar-refractivity contribution < 1.29 is 23.9 Å². The molecular weight excluding hydrogens is 422 g/mol. The molecule has 33 heavy (non-hydrogen) atoms. The van der Waals surface area contributed by atoms with E-state index in [0.29, 0.717) is 28.0 Å². The van der Waals surface area contributed by atoms with E-state index in [1.165, 1.54) is 11.0 Å². The fourth-order valence-electron chi connectivity index (χ4n) is 2.92. The molecule has 0 aliphatic carbocycles. The number of hydrogen-bond donors (Lipinski definition) is 2. The summed E-state index contributed by atoms with van der Waals surface area (Å²) in [6, 6.07) is 12.9. The van der Waals surface area contributed by atoms with Crippen LogP contribution in [0.3, 0.4) is 0 Å². The number of hydrogen-bond acceptors (Lipinski definition) is 6. The third-order valence-corrected chi connectivity index (χ3v) is 4.48. The molecule has 3 N–H and O–H groups in total. The number of amides is 1. The molecule has 0 unspecified atom stereocenters. The maximum Gasteiger partial charge on any atom is 0.343 e. The zero-order chi connectivity index (χ0) is 24.4. The molecule has 1 amide bonds. The molecule has 0 aliphatic heterocycles. The Morgan fingerprint density at radius 3 is 2.42 bits per heavy atom. The quantitative estimate of drug-likeness (QED) is 0.143. The SMILES string of the molecule is C=CCN(CC(=O)OCC)C(=O)C(C)=Cc1cccc(C(=O)Oc2ccc(C(=N)N)cc2)c1. The lowest BCUT2D eigenvalue weighted by molar-refractivity contribution is -0.147. The van der Waals surface area contributed by atoms with E-state index >= 15 is 0 Å². The van der Waals surface area contributed by atoms with E-state index in [0.717, 1.165) is 0 Å². The number of carbonyl (C=O) groups excluding carboxylic acids is 3. The minimum atomic E-state index is -0.569. The first kappa shape index (κ1) is 25.1. The van der Waals surface area contributed by atoms with Crippen molar-refractivity contribution in [3.05, 3.63) is 83.4 Å². The zero-order valence-electron chi connectivity index (χ0n) is 18.7. The van der Waals surface area contributed by atoms with E-state index in [1.807, 2.05) is 0 Å². The smallest absolute Gasteiger partial charge is 0.343 e. The average molecular weight is 450 g/mol. The maximum absolute atomic E-state index is 12.8. The Morgan fingerprint density at radius 2 is 1.82 bits per heavy atom. The number of amidine groups is 1. The monoisotopic (exact) mass is 449 g/mol. The first-order valence-corrected chi connectivity index (χ1v) is 10.3. The molecule has 0 saturated carbocycles. The van der Waals surface area contributed by atoms with Gasteiger partial charge in [0.05, 0.1) is 12.2 Å². The van der Waals surface area contributed by atoms with Gasteiger partial charge in [-0.3, -0.25) is 15.0 Å². The second-order valence-corrected chi connectivity index (χ2v) is 7.06.